The molecular formula is C56H72N2O8. The van der Waals surface area contributed by atoms with Crippen molar-refractivity contribution in [3.63, 3.8) is 0 Å². The molecule has 0 bridgehead atoms. The van der Waals surface area contributed by atoms with E-state index in [1.807, 2.05) is 36.4 Å². The Morgan fingerprint density at radius 2 is 0.697 bits per heavy atom. The zero-order valence-electron chi connectivity index (χ0n) is 39.7. The number of unbranched alkanes of at least 4 members (excludes halogenated alkanes) is 12. The van der Waals surface area contributed by atoms with Gasteiger partial charge in [-0.1, -0.05) is 129 Å². The van der Waals surface area contributed by atoms with E-state index in [2.05, 4.69) is 27.7 Å². The highest BCUT2D eigenvalue weighted by atomic mass is 16.5. The molecule has 0 unspecified atom stereocenters. The van der Waals surface area contributed by atoms with Gasteiger partial charge in [-0.3, -0.25) is 9.59 Å². The molecule has 5 aromatic carbocycles. The van der Waals surface area contributed by atoms with Crippen LogP contribution in [0.15, 0.2) is 72.8 Å². The number of rotatable bonds is 30. The Hall–Kier alpha value is -6.16. The van der Waals surface area contributed by atoms with E-state index in [0.29, 0.717) is 118 Å². The summed E-state index contributed by atoms with van der Waals surface area (Å²) in [4.78, 5) is 24.3. The lowest BCUT2D eigenvalue weighted by Crippen LogP contribution is -2.06. The number of nitrogen functional groups attached to an aromatic ring is 2. The monoisotopic (exact) mass is 901 g/mol. The Kier molecular flexibility index (Phi) is 20.6. The summed E-state index contributed by atoms with van der Waals surface area (Å²) in [5.41, 5.74) is 19.0. The van der Waals surface area contributed by atoms with Crippen molar-refractivity contribution in [2.45, 2.75) is 130 Å². The predicted octanol–water partition coefficient (Wildman–Crippen LogP) is 14.4. The van der Waals surface area contributed by atoms with Crippen LogP contribution in [0, 0.1) is 0 Å². The summed E-state index contributed by atoms with van der Waals surface area (Å²) >= 11 is 0. The maximum atomic E-state index is 12.2. The fourth-order valence-corrected chi connectivity index (χ4v) is 8.11. The molecule has 0 radical (unpaired) electrons. The number of aldehydes is 2. The smallest absolute Gasteiger partial charge is 0.153 e. The fourth-order valence-electron chi connectivity index (χ4n) is 8.11. The number of para-hydroxylation sites is 2. The number of carbonyl (C=O) groups is 2. The summed E-state index contributed by atoms with van der Waals surface area (Å²) in [6.45, 7) is 10.5. The number of phenols is 2. The molecule has 0 atom stereocenters. The number of aromatic hydroxyl groups is 2. The third kappa shape index (κ3) is 13.5. The van der Waals surface area contributed by atoms with Gasteiger partial charge in [0.05, 0.1) is 48.9 Å². The van der Waals surface area contributed by atoms with Crippen LogP contribution in [0.2, 0.25) is 0 Å². The third-order valence-corrected chi connectivity index (χ3v) is 12.0. The normalized spacial score (nSPS) is 11.1. The molecule has 0 amide bonds. The van der Waals surface area contributed by atoms with E-state index in [1.54, 1.807) is 36.4 Å². The highest BCUT2D eigenvalue weighted by Gasteiger charge is 2.25. The minimum Gasteiger partial charge on any atom is -0.507 e. The van der Waals surface area contributed by atoms with Crippen molar-refractivity contribution in [2.75, 3.05) is 37.9 Å². The molecule has 5 rings (SSSR count). The van der Waals surface area contributed by atoms with Crippen LogP contribution in [-0.2, 0) is 0 Å². The molecule has 354 valence electrons. The molecule has 0 saturated carbocycles. The summed E-state index contributed by atoms with van der Waals surface area (Å²) in [6.07, 6.45) is 17.3. The van der Waals surface area contributed by atoms with E-state index >= 15 is 0 Å². The van der Waals surface area contributed by atoms with Gasteiger partial charge in [0.2, 0.25) is 0 Å². The van der Waals surface area contributed by atoms with Gasteiger partial charge in [-0.05, 0) is 73.2 Å². The molecule has 0 aromatic heterocycles. The second-order valence-corrected chi connectivity index (χ2v) is 17.1. The minimum absolute atomic E-state index is 0.152. The lowest BCUT2D eigenvalue weighted by molar-refractivity contribution is 0.111. The van der Waals surface area contributed by atoms with Gasteiger partial charge in [0.25, 0.3) is 0 Å². The number of hydrogen-bond acceptors (Lipinski definition) is 10. The van der Waals surface area contributed by atoms with Crippen LogP contribution in [0.5, 0.6) is 34.5 Å². The van der Waals surface area contributed by atoms with Gasteiger partial charge in [0.15, 0.2) is 12.6 Å². The number of carbonyl (C=O) groups excluding carboxylic acids is 2. The minimum atomic E-state index is -0.161. The molecule has 10 heteroatoms. The standard InChI is InChI=1S/C56H72N2O8/c1-5-9-13-17-27-63-51-35-53(65-29-19-15-11-7-3)47(31-45(51)41-25-21-23-39(37-59)55(41)61)43-33-49(57)50(58)34-44(43)48-32-46(42-26-22-24-40(38-60)56(42)62)52(64-28-18-14-10-6-2)36-54(48)66-30-20-16-12-8-4/h21-26,31-38,61-62H,5-20,27-30,57-58H2,1-4H3. The lowest BCUT2D eigenvalue weighted by atomic mass is 9.88. The average molecular weight is 901 g/mol. The van der Waals surface area contributed by atoms with Gasteiger partial charge in [0.1, 0.15) is 34.5 Å². The molecule has 6 N–H and O–H groups in total. The van der Waals surface area contributed by atoms with Crippen LogP contribution in [0.4, 0.5) is 11.4 Å². The highest BCUT2D eigenvalue weighted by molar-refractivity contribution is 5.98. The molecular weight excluding hydrogens is 829 g/mol. The van der Waals surface area contributed by atoms with Crippen molar-refractivity contribution in [1.82, 2.24) is 0 Å². The summed E-state index contributed by atoms with van der Waals surface area (Å²) in [7, 11) is 0. The van der Waals surface area contributed by atoms with E-state index in [1.165, 1.54) is 0 Å². The molecule has 0 aliphatic carbocycles. The first-order valence-corrected chi connectivity index (χ1v) is 24.3. The van der Waals surface area contributed by atoms with Crippen molar-refractivity contribution < 1.29 is 38.7 Å². The maximum absolute atomic E-state index is 12.2. The van der Waals surface area contributed by atoms with Crippen molar-refractivity contribution >= 4 is 23.9 Å². The average Bonchev–Trinajstić information content (AvgIpc) is 3.32. The molecule has 0 fully saturated rings. The second kappa shape index (κ2) is 26.7. The number of hydrogen-bond donors (Lipinski definition) is 4. The predicted molar refractivity (Wildman–Crippen MR) is 270 cm³/mol. The lowest BCUT2D eigenvalue weighted by Gasteiger charge is -2.23. The van der Waals surface area contributed by atoms with Gasteiger partial charge >= 0.3 is 0 Å². The van der Waals surface area contributed by atoms with Gasteiger partial charge in [-0.25, -0.2) is 0 Å². The van der Waals surface area contributed by atoms with Crippen LogP contribution in [0.25, 0.3) is 44.5 Å². The van der Waals surface area contributed by atoms with Crippen molar-refractivity contribution in [3.05, 3.63) is 83.9 Å². The second-order valence-electron chi connectivity index (χ2n) is 17.1. The van der Waals surface area contributed by atoms with Crippen molar-refractivity contribution in [1.29, 1.82) is 0 Å². The topological polar surface area (TPSA) is 164 Å². The molecule has 0 aliphatic heterocycles. The largest absolute Gasteiger partial charge is 0.507 e. The quantitative estimate of drug-likeness (QED) is 0.0198. The molecule has 0 saturated heterocycles. The maximum Gasteiger partial charge on any atom is 0.153 e. The first kappa shape index (κ1) is 50.8. The number of benzene rings is 5. The van der Waals surface area contributed by atoms with E-state index in [9.17, 15) is 19.8 Å². The fraction of sp³-hybridized carbons (Fsp3) is 0.429. The van der Waals surface area contributed by atoms with Crippen LogP contribution in [0.1, 0.15) is 151 Å². The molecule has 0 aliphatic rings. The summed E-state index contributed by atoms with van der Waals surface area (Å²) in [5.74, 6) is 1.77. The summed E-state index contributed by atoms with van der Waals surface area (Å²) < 4.78 is 26.5. The zero-order valence-corrected chi connectivity index (χ0v) is 39.7. The summed E-state index contributed by atoms with van der Waals surface area (Å²) in [5, 5.41) is 23.1. The third-order valence-electron chi connectivity index (χ3n) is 12.0. The molecule has 0 spiro atoms. The van der Waals surface area contributed by atoms with E-state index in [-0.39, 0.29) is 22.6 Å². The zero-order chi connectivity index (χ0) is 47.3. The first-order chi connectivity index (χ1) is 32.2. The van der Waals surface area contributed by atoms with Crippen LogP contribution < -0.4 is 30.4 Å². The van der Waals surface area contributed by atoms with Gasteiger partial charge in [0, 0.05) is 45.5 Å². The Morgan fingerprint density at radius 1 is 0.394 bits per heavy atom. The van der Waals surface area contributed by atoms with Crippen LogP contribution in [0.3, 0.4) is 0 Å². The Morgan fingerprint density at radius 3 is 0.985 bits per heavy atom. The van der Waals surface area contributed by atoms with Gasteiger partial charge in [-0.2, -0.15) is 0 Å². The van der Waals surface area contributed by atoms with Crippen LogP contribution >= 0.6 is 0 Å². The van der Waals surface area contributed by atoms with Gasteiger partial charge in [-0.15, -0.1) is 0 Å². The Bertz CT molecular complexity index is 2180. The first-order valence-electron chi connectivity index (χ1n) is 24.3. The summed E-state index contributed by atoms with van der Waals surface area (Å²) in [6, 6.07) is 21.4. The number of ether oxygens (including phenoxy) is 4. The van der Waals surface area contributed by atoms with Crippen LogP contribution in [-0.4, -0.2) is 49.2 Å². The highest BCUT2D eigenvalue weighted by Crippen LogP contribution is 2.51. The van der Waals surface area contributed by atoms with Crippen molar-refractivity contribution in [2.24, 2.45) is 0 Å². The molecule has 0 heterocycles. The van der Waals surface area contributed by atoms with E-state index in [4.69, 9.17) is 30.4 Å². The van der Waals surface area contributed by atoms with Crippen molar-refractivity contribution in [3.8, 4) is 79.0 Å². The SMILES string of the molecule is CCCCCCOc1cc(OCCCCCC)c(-c2cccc(C=O)c2O)cc1-c1cc(N)c(N)cc1-c1cc(-c2cccc(C=O)c2O)c(OCCCCCC)cc1OCCCCCC. The number of nitrogens with two attached hydrogens (primary N) is 2. The molecule has 10 nitrogen and oxygen atoms in total. The number of anilines is 2. The molecule has 5 aromatic rings. The molecule has 66 heavy (non-hydrogen) atoms. The van der Waals surface area contributed by atoms with E-state index < -0.39 is 0 Å². The van der Waals surface area contributed by atoms with Gasteiger partial charge < -0.3 is 40.6 Å². The number of phenolic OH excluding ortho intramolecular Hbond substituents is 2. The Balaban J connectivity index is 1.83. The van der Waals surface area contributed by atoms with E-state index in [0.717, 1.165) is 103 Å². The Labute approximate surface area is 392 Å².